The molecule has 3 nitrogen and oxygen atoms in total. The fourth-order valence-corrected chi connectivity index (χ4v) is 1.11. The summed E-state index contributed by atoms with van der Waals surface area (Å²) >= 11 is 0. The molecule has 1 unspecified atom stereocenters. The molecule has 0 aliphatic carbocycles. The summed E-state index contributed by atoms with van der Waals surface area (Å²) in [7, 11) is 0. The summed E-state index contributed by atoms with van der Waals surface area (Å²) in [6, 6.07) is 5.04. The van der Waals surface area contributed by atoms with Crippen molar-refractivity contribution in [2.45, 2.75) is 19.4 Å². The SMILES string of the molecule is CC(CC=O)NC(=O)c1ccc(F)cc1. The molecule has 0 bridgehead atoms. The van der Waals surface area contributed by atoms with Crippen LogP contribution >= 0.6 is 0 Å². The maximum Gasteiger partial charge on any atom is 0.251 e. The van der Waals surface area contributed by atoms with Crippen molar-refractivity contribution >= 4 is 12.2 Å². The molecule has 0 heterocycles. The van der Waals surface area contributed by atoms with E-state index in [2.05, 4.69) is 5.32 Å². The minimum atomic E-state index is -0.382. The molecule has 0 aliphatic rings. The van der Waals surface area contributed by atoms with Crippen molar-refractivity contribution < 1.29 is 14.0 Å². The standard InChI is InChI=1S/C11H12FNO2/c1-8(6-7-14)13-11(15)9-2-4-10(12)5-3-9/h2-5,7-8H,6H2,1H3,(H,13,15). The molecule has 0 aliphatic heterocycles. The second-order valence-corrected chi connectivity index (χ2v) is 3.28. The fraction of sp³-hybridized carbons (Fsp3) is 0.273. The molecule has 4 heteroatoms. The molecule has 15 heavy (non-hydrogen) atoms. The molecule has 80 valence electrons. The first-order chi connectivity index (χ1) is 7.13. The van der Waals surface area contributed by atoms with Crippen molar-refractivity contribution in [3.8, 4) is 0 Å². The van der Waals surface area contributed by atoms with Crippen molar-refractivity contribution in [2.24, 2.45) is 0 Å². The van der Waals surface area contributed by atoms with E-state index in [4.69, 9.17) is 0 Å². The number of halogens is 1. The lowest BCUT2D eigenvalue weighted by atomic mass is 10.2. The number of nitrogens with one attached hydrogen (secondary N) is 1. The van der Waals surface area contributed by atoms with Gasteiger partial charge in [-0.3, -0.25) is 4.79 Å². The fourth-order valence-electron chi connectivity index (χ4n) is 1.11. The summed E-state index contributed by atoms with van der Waals surface area (Å²) in [4.78, 5) is 21.7. The summed E-state index contributed by atoms with van der Waals surface area (Å²) in [5.41, 5.74) is 0.383. The lowest BCUT2D eigenvalue weighted by Crippen LogP contribution is -2.32. The highest BCUT2D eigenvalue weighted by molar-refractivity contribution is 5.94. The Balaban J connectivity index is 2.61. The van der Waals surface area contributed by atoms with E-state index in [-0.39, 0.29) is 24.2 Å². The molecule has 1 amide bonds. The minimum Gasteiger partial charge on any atom is -0.349 e. The molecule has 0 spiro atoms. The Kier molecular flexibility index (Phi) is 3.97. The van der Waals surface area contributed by atoms with Gasteiger partial charge in [0.15, 0.2) is 0 Å². The molecule has 1 N–H and O–H groups in total. The number of carbonyl (C=O) groups is 2. The van der Waals surface area contributed by atoms with Crippen LogP contribution in [0.3, 0.4) is 0 Å². The molecule has 0 fully saturated rings. The zero-order valence-corrected chi connectivity index (χ0v) is 8.37. The van der Waals surface area contributed by atoms with Crippen molar-refractivity contribution in [1.29, 1.82) is 0 Å². The second kappa shape index (κ2) is 5.24. The molecular weight excluding hydrogens is 197 g/mol. The third kappa shape index (κ3) is 3.50. The number of aldehydes is 1. The van der Waals surface area contributed by atoms with Crippen LogP contribution in [0.15, 0.2) is 24.3 Å². The van der Waals surface area contributed by atoms with Gasteiger partial charge >= 0.3 is 0 Å². The van der Waals surface area contributed by atoms with Gasteiger partial charge < -0.3 is 10.1 Å². The topological polar surface area (TPSA) is 46.2 Å². The monoisotopic (exact) mass is 209 g/mol. The Morgan fingerprint density at radius 2 is 2.07 bits per heavy atom. The molecule has 1 aromatic rings. The number of hydrogen-bond acceptors (Lipinski definition) is 2. The zero-order valence-electron chi connectivity index (χ0n) is 8.37. The van der Waals surface area contributed by atoms with E-state index in [9.17, 15) is 14.0 Å². The van der Waals surface area contributed by atoms with Crippen LogP contribution in [0.4, 0.5) is 4.39 Å². The van der Waals surface area contributed by atoms with E-state index >= 15 is 0 Å². The summed E-state index contributed by atoms with van der Waals surface area (Å²) in [6.45, 7) is 1.73. The predicted molar refractivity (Wildman–Crippen MR) is 54.0 cm³/mol. The smallest absolute Gasteiger partial charge is 0.251 e. The maximum atomic E-state index is 12.6. The molecule has 0 aromatic heterocycles. The number of rotatable bonds is 4. The van der Waals surface area contributed by atoms with Crippen LogP contribution in [0.5, 0.6) is 0 Å². The Morgan fingerprint density at radius 3 is 2.60 bits per heavy atom. The van der Waals surface area contributed by atoms with Gasteiger partial charge in [0, 0.05) is 18.0 Å². The molecule has 0 saturated heterocycles. The average molecular weight is 209 g/mol. The molecular formula is C11H12FNO2. The molecule has 1 aromatic carbocycles. The van der Waals surface area contributed by atoms with E-state index < -0.39 is 0 Å². The lowest BCUT2D eigenvalue weighted by Gasteiger charge is -2.10. The molecule has 0 saturated carbocycles. The van der Waals surface area contributed by atoms with Crippen molar-refractivity contribution in [3.63, 3.8) is 0 Å². The van der Waals surface area contributed by atoms with Gasteiger partial charge in [0.2, 0.25) is 0 Å². The first-order valence-corrected chi connectivity index (χ1v) is 4.63. The summed E-state index contributed by atoms with van der Waals surface area (Å²) in [6.07, 6.45) is 1.02. The van der Waals surface area contributed by atoms with Crippen molar-refractivity contribution in [2.75, 3.05) is 0 Å². The zero-order chi connectivity index (χ0) is 11.3. The van der Waals surface area contributed by atoms with Gasteiger partial charge in [-0.25, -0.2) is 4.39 Å². The van der Waals surface area contributed by atoms with E-state index in [0.717, 1.165) is 6.29 Å². The van der Waals surface area contributed by atoms with E-state index in [1.165, 1.54) is 24.3 Å². The van der Waals surface area contributed by atoms with Crippen LogP contribution < -0.4 is 5.32 Å². The number of benzene rings is 1. The summed E-state index contributed by atoms with van der Waals surface area (Å²) in [5.74, 6) is -0.683. The molecule has 0 radical (unpaired) electrons. The van der Waals surface area contributed by atoms with Gasteiger partial charge in [-0.15, -0.1) is 0 Å². The first-order valence-electron chi connectivity index (χ1n) is 4.63. The Labute approximate surface area is 87.3 Å². The lowest BCUT2D eigenvalue weighted by molar-refractivity contribution is -0.108. The number of amides is 1. The minimum absolute atomic E-state index is 0.208. The van der Waals surface area contributed by atoms with Crippen LogP contribution in [0.25, 0.3) is 0 Å². The summed E-state index contributed by atoms with van der Waals surface area (Å²) < 4.78 is 12.6. The van der Waals surface area contributed by atoms with Gasteiger partial charge in [-0.2, -0.15) is 0 Å². The third-order valence-corrected chi connectivity index (χ3v) is 1.93. The van der Waals surface area contributed by atoms with Gasteiger partial charge in [0.25, 0.3) is 5.91 Å². The van der Waals surface area contributed by atoms with Crippen LogP contribution in [0.2, 0.25) is 0 Å². The van der Waals surface area contributed by atoms with E-state index in [0.29, 0.717) is 5.56 Å². The van der Waals surface area contributed by atoms with E-state index in [1.807, 2.05) is 0 Å². The highest BCUT2D eigenvalue weighted by Crippen LogP contribution is 2.03. The van der Waals surface area contributed by atoms with Crippen molar-refractivity contribution in [1.82, 2.24) is 5.32 Å². The van der Waals surface area contributed by atoms with Crippen LogP contribution in [-0.4, -0.2) is 18.2 Å². The second-order valence-electron chi connectivity index (χ2n) is 3.28. The van der Waals surface area contributed by atoms with Gasteiger partial charge in [0.05, 0.1) is 0 Å². The maximum absolute atomic E-state index is 12.6. The van der Waals surface area contributed by atoms with Crippen LogP contribution in [0.1, 0.15) is 23.7 Å². The highest BCUT2D eigenvalue weighted by atomic mass is 19.1. The Morgan fingerprint density at radius 1 is 1.47 bits per heavy atom. The largest absolute Gasteiger partial charge is 0.349 e. The van der Waals surface area contributed by atoms with E-state index in [1.54, 1.807) is 6.92 Å². The van der Waals surface area contributed by atoms with Crippen LogP contribution in [0, 0.1) is 5.82 Å². The number of hydrogen-bond donors (Lipinski definition) is 1. The van der Waals surface area contributed by atoms with Crippen molar-refractivity contribution in [3.05, 3.63) is 35.6 Å². The molecule has 1 atom stereocenters. The Hall–Kier alpha value is -1.71. The third-order valence-electron chi connectivity index (χ3n) is 1.93. The van der Waals surface area contributed by atoms with Gasteiger partial charge in [0.1, 0.15) is 12.1 Å². The predicted octanol–water partition coefficient (Wildman–Crippen LogP) is 1.53. The Bertz CT molecular complexity index is 348. The average Bonchev–Trinajstić information content (AvgIpc) is 2.18. The quantitative estimate of drug-likeness (QED) is 0.764. The van der Waals surface area contributed by atoms with Crippen LogP contribution in [-0.2, 0) is 4.79 Å². The van der Waals surface area contributed by atoms with Gasteiger partial charge in [-0.05, 0) is 31.2 Å². The summed E-state index contributed by atoms with van der Waals surface area (Å²) in [5, 5.41) is 2.62. The number of carbonyl (C=O) groups excluding carboxylic acids is 2. The van der Waals surface area contributed by atoms with Gasteiger partial charge in [-0.1, -0.05) is 0 Å². The first kappa shape index (κ1) is 11.4. The normalized spacial score (nSPS) is 11.9. The molecule has 1 rings (SSSR count). The highest BCUT2D eigenvalue weighted by Gasteiger charge is 2.08.